The van der Waals surface area contributed by atoms with Crippen LogP contribution in [0.25, 0.3) is 44.3 Å². The number of pyridine rings is 4. The Morgan fingerprint density at radius 2 is 1.12 bits per heavy atom. The maximum absolute atomic E-state index is 13.0. The standard InChI is InChI=1S/C33H25N5O3.C31H29N5O3S/c34-37-32(40)28-20-31(36-30-16-17-35-21-29(28)30)26-12-8-23(9-13-26)6-7-24-10-14-27(15-11-24)33(41)38(18-19-39)22-25-4-2-1-3-5-25;1-31(2)17-25(31)28(30(38)39)36(3)40-22-12-8-20(9-13-22)5-4-19-6-10-21(11-7-19)27-16-23(29(37)35-32)24-18-33-15-14-26(24)34-27/h1-5,8-17,19-21H,18,22,34H2,(H,37,40);6-16,18,25,28H,17,32H2,1-3H3,(H,35,37)(H,38,39). The molecule has 5 aromatic carbocycles. The lowest BCUT2D eigenvalue weighted by Gasteiger charge is -2.24. The van der Waals surface area contributed by atoms with Crippen LogP contribution >= 0.6 is 11.9 Å². The summed E-state index contributed by atoms with van der Waals surface area (Å²) in [7, 11) is 1.84. The number of hydrogen-bond donors (Lipinski definition) is 5. The average molecular weight is 1090 g/mol. The van der Waals surface area contributed by atoms with Crippen LogP contribution in [0.1, 0.15) is 79.2 Å². The fraction of sp³-hybridized carbons (Fsp3) is 0.141. The van der Waals surface area contributed by atoms with E-state index in [9.17, 15) is 29.1 Å². The number of carbonyl (C=O) groups excluding carboxylic acids is 4. The first kappa shape index (κ1) is 55.9. The molecule has 2 atom stereocenters. The van der Waals surface area contributed by atoms with Gasteiger partial charge >= 0.3 is 5.97 Å². The number of nitrogen functional groups attached to an aromatic ring is 2. The van der Waals surface area contributed by atoms with Crippen LogP contribution in [0.2, 0.25) is 0 Å². The number of benzene rings is 5. The summed E-state index contributed by atoms with van der Waals surface area (Å²) in [5.41, 5.74) is 14.1. The summed E-state index contributed by atoms with van der Waals surface area (Å²) >= 11 is 1.44. The molecule has 402 valence electrons. The Labute approximate surface area is 472 Å². The quantitative estimate of drug-likeness (QED) is 0.0171. The Hall–Kier alpha value is -9.88. The van der Waals surface area contributed by atoms with Crippen LogP contribution in [0, 0.1) is 35.0 Å². The van der Waals surface area contributed by atoms with E-state index < -0.39 is 23.8 Å². The van der Waals surface area contributed by atoms with Gasteiger partial charge < -0.3 is 14.8 Å². The molecule has 4 heterocycles. The number of fused-ring (bicyclic) bond motifs is 2. The smallest absolute Gasteiger partial charge is 0.322 e. The zero-order chi connectivity index (χ0) is 57.0. The number of carboxylic acid groups (broad SMARTS) is 1. The van der Waals surface area contributed by atoms with Gasteiger partial charge in [-0.2, -0.15) is 0 Å². The second-order valence-corrected chi connectivity index (χ2v) is 20.9. The van der Waals surface area contributed by atoms with E-state index in [0.717, 1.165) is 56.5 Å². The largest absolute Gasteiger partial charge is 0.480 e. The van der Waals surface area contributed by atoms with Crippen LogP contribution in [0.4, 0.5) is 0 Å². The molecule has 81 heavy (non-hydrogen) atoms. The lowest BCUT2D eigenvalue weighted by atomic mass is 10.0. The van der Waals surface area contributed by atoms with Crippen molar-refractivity contribution in [2.24, 2.45) is 23.0 Å². The highest BCUT2D eigenvalue weighted by Gasteiger charge is 2.54. The van der Waals surface area contributed by atoms with Crippen molar-refractivity contribution in [3.05, 3.63) is 221 Å². The summed E-state index contributed by atoms with van der Waals surface area (Å²) in [6.45, 7) is 4.59. The van der Waals surface area contributed by atoms with Crippen molar-refractivity contribution in [3.8, 4) is 46.2 Å². The van der Waals surface area contributed by atoms with Crippen molar-refractivity contribution in [2.75, 3.05) is 13.6 Å². The Bertz CT molecular complexity index is 3930. The van der Waals surface area contributed by atoms with E-state index in [0.29, 0.717) is 56.4 Å². The summed E-state index contributed by atoms with van der Waals surface area (Å²) in [6, 6.07) is 45.9. The topological polar surface area (TPSA) is 240 Å². The SMILES string of the molecule is CN(Sc1ccc(C#Cc2ccc(-c3cc(C(=O)NN)c4cnccc4n3)cc2)cc1)C(C(=O)O)C1CC1(C)C.NNC(=O)c1cc(-c2ccc(C#Cc3ccc(C(=O)N(CC=O)Cc4ccccc4)cc3)cc2)nc2ccncc12. The van der Waals surface area contributed by atoms with Gasteiger partial charge in [-0.05, 0) is 139 Å². The molecule has 0 aliphatic heterocycles. The summed E-state index contributed by atoms with van der Waals surface area (Å²) in [5, 5.41) is 11.0. The monoisotopic (exact) mass is 1090 g/mol. The average Bonchev–Trinajstić information content (AvgIpc) is 4.26. The van der Waals surface area contributed by atoms with Crippen molar-refractivity contribution in [1.29, 1.82) is 0 Å². The molecule has 10 rings (SSSR count). The van der Waals surface area contributed by atoms with Crippen molar-refractivity contribution < 1.29 is 29.1 Å². The summed E-state index contributed by atoms with van der Waals surface area (Å²) < 4.78 is 1.84. The molecule has 0 bridgehead atoms. The lowest BCUT2D eigenvalue weighted by Crippen LogP contribution is -2.37. The third-order valence-corrected chi connectivity index (χ3v) is 14.7. The van der Waals surface area contributed by atoms with Crippen LogP contribution < -0.4 is 22.5 Å². The van der Waals surface area contributed by atoms with Crippen molar-refractivity contribution in [1.82, 2.24) is 40.0 Å². The normalized spacial score (nSPS) is 13.2. The number of aromatic nitrogens is 4. The minimum atomic E-state index is -0.783. The third-order valence-electron chi connectivity index (χ3n) is 13.7. The Balaban J connectivity index is 0.000000196. The van der Waals surface area contributed by atoms with Gasteiger partial charge in [-0.3, -0.25) is 40.0 Å². The molecule has 4 aromatic heterocycles. The molecular formula is C64H54N10O6S. The number of carboxylic acids is 1. The predicted octanol–water partition coefficient (Wildman–Crippen LogP) is 8.88. The van der Waals surface area contributed by atoms with Gasteiger partial charge in [-0.1, -0.05) is 92.1 Å². The highest BCUT2D eigenvalue weighted by atomic mass is 32.2. The summed E-state index contributed by atoms with van der Waals surface area (Å²) in [4.78, 5) is 80.8. The fourth-order valence-electron chi connectivity index (χ4n) is 9.14. The molecule has 1 aliphatic rings. The zero-order valence-electron chi connectivity index (χ0n) is 44.3. The highest BCUT2D eigenvalue weighted by molar-refractivity contribution is 7.97. The van der Waals surface area contributed by atoms with Gasteiger partial charge in [-0.25, -0.2) is 26.0 Å². The van der Waals surface area contributed by atoms with Crippen LogP contribution in [-0.4, -0.2) is 83.9 Å². The van der Waals surface area contributed by atoms with E-state index in [4.69, 9.17) is 11.7 Å². The minimum Gasteiger partial charge on any atom is -0.480 e. The molecule has 9 aromatic rings. The van der Waals surface area contributed by atoms with E-state index in [1.807, 2.05) is 114 Å². The number of carbonyl (C=O) groups is 5. The molecule has 0 saturated heterocycles. The van der Waals surface area contributed by atoms with Crippen LogP contribution in [-0.2, 0) is 16.1 Å². The molecule has 0 spiro atoms. The summed E-state index contributed by atoms with van der Waals surface area (Å²) in [5.74, 6) is 21.7. The first-order chi connectivity index (χ1) is 39.2. The van der Waals surface area contributed by atoms with Crippen molar-refractivity contribution in [2.45, 2.75) is 37.8 Å². The van der Waals surface area contributed by atoms with Gasteiger partial charge in [0, 0.05) is 85.9 Å². The number of amides is 3. The molecule has 1 saturated carbocycles. The van der Waals surface area contributed by atoms with Crippen LogP contribution in [0.15, 0.2) is 181 Å². The molecule has 1 fully saturated rings. The molecule has 2 unspecified atom stereocenters. The first-order valence-corrected chi connectivity index (χ1v) is 26.4. The molecular weight excluding hydrogens is 1040 g/mol. The van der Waals surface area contributed by atoms with E-state index in [1.165, 1.54) is 16.8 Å². The molecule has 7 N–H and O–H groups in total. The number of rotatable bonds is 14. The van der Waals surface area contributed by atoms with Gasteiger partial charge in [0.15, 0.2) is 0 Å². The summed E-state index contributed by atoms with van der Waals surface area (Å²) in [6.07, 6.45) is 8.09. The van der Waals surface area contributed by atoms with Gasteiger partial charge in [0.05, 0.1) is 40.1 Å². The van der Waals surface area contributed by atoms with Crippen LogP contribution in [0.3, 0.4) is 0 Å². The third kappa shape index (κ3) is 13.7. The second-order valence-electron chi connectivity index (χ2n) is 19.7. The van der Waals surface area contributed by atoms with Crippen molar-refractivity contribution in [3.63, 3.8) is 0 Å². The maximum Gasteiger partial charge on any atom is 0.322 e. The number of nitrogens with zero attached hydrogens (tertiary/aromatic N) is 6. The predicted molar refractivity (Wildman–Crippen MR) is 312 cm³/mol. The van der Waals surface area contributed by atoms with E-state index in [-0.39, 0.29) is 23.8 Å². The number of aliphatic carboxylic acids is 1. The second kappa shape index (κ2) is 25.3. The maximum atomic E-state index is 13.0. The fourth-order valence-corrected chi connectivity index (χ4v) is 10.1. The lowest BCUT2D eigenvalue weighted by molar-refractivity contribution is -0.142. The van der Waals surface area contributed by atoms with Crippen LogP contribution in [0.5, 0.6) is 0 Å². The van der Waals surface area contributed by atoms with E-state index in [2.05, 4.69) is 68.3 Å². The number of hydrazine groups is 2. The molecule has 17 heteroatoms. The van der Waals surface area contributed by atoms with Gasteiger partial charge in [-0.15, -0.1) is 0 Å². The number of aldehydes is 1. The van der Waals surface area contributed by atoms with Crippen molar-refractivity contribution >= 4 is 63.7 Å². The molecule has 1 aliphatic carbocycles. The van der Waals surface area contributed by atoms with Gasteiger partial charge in [0.2, 0.25) is 0 Å². The first-order valence-electron chi connectivity index (χ1n) is 25.6. The Morgan fingerprint density at radius 1 is 0.679 bits per heavy atom. The van der Waals surface area contributed by atoms with Gasteiger partial charge in [0.1, 0.15) is 12.3 Å². The molecule has 3 amide bonds. The van der Waals surface area contributed by atoms with Gasteiger partial charge in [0.25, 0.3) is 17.7 Å². The number of likely N-dealkylation sites (N-methyl/N-ethyl adjacent to an activating group) is 1. The molecule has 0 radical (unpaired) electrons. The Kier molecular flexibility index (Phi) is 17.4. The number of hydrogen-bond acceptors (Lipinski definition) is 13. The zero-order valence-corrected chi connectivity index (χ0v) is 45.1. The Morgan fingerprint density at radius 3 is 1.54 bits per heavy atom. The number of nitrogens with two attached hydrogens (primary N) is 2. The molecule has 16 nitrogen and oxygen atoms in total. The minimum absolute atomic E-state index is 0.0126. The number of nitrogens with one attached hydrogen (secondary N) is 2. The van der Waals surface area contributed by atoms with E-state index >= 15 is 0 Å². The highest BCUT2D eigenvalue weighted by Crippen LogP contribution is 2.55. The van der Waals surface area contributed by atoms with E-state index in [1.54, 1.807) is 73.3 Å².